The number of rotatable bonds is 4. The van der Waals surface area contributed by atoms with Crippen LogP contribution in [0.2, 0.25) is 0 Å². The largest absolute Gasteiger partial charge is 0.417 e. The van der Waals surface area contributed by atoms with Crippen LogP contribution < -0.4 is 10.2 Å². The summed E-state index contributed by atoms with van der Waals surface area (Å²) >= 11 is 0. The lowest BCUT2D eigenvalue weighted by Crippen LogP contribution is -2.43. The SMILES string of the molecule is CNC(=O)[C@@H]1CN(c2ccc(C#N)c(C(F)(F)F)c2)C[C@H]1C1CCN(C(=O)c2cnccn2)CC1. The van der Waals surface area contributed by atoms with Gasteiger partial charge >= 0.3 is 6.18 Å². The monoisotopic (exact) mass is 486 g/mol. The number of carbonyl (C=O) groups excluding carboxylic acids is 2. The Kier molecular flexibility index (Phi) is 6.91. The van der Waals surface area contributed by atoms with Crippen molar-refractivity contribution < 1.29 is 22.8 Å². The first-order valence-electron chi connectivity index (χ1n) is 11.4. The van der Waals surface area contributed by atoms with Crippen molar-refractivity contribution in [2.75, 3.05) is 38.1 Å². The smallest absolute Gasteiger partial charge is 0.370 e. The minimum absolute atomic E-state index is 0.0753. The van der Waals surface area contributed by atoms with Crippen molar-refractivity contribution in [3.8, 4) is 6.07 Å². The molecule has 0 spiro atoms. The van der Waals surface area contributed by atoms with E-state index in [4.69, 9.17) is 5.26 Å². The maximum atomic E-state index is 13.5. The fraction of sp³-hybridized carbons (Fsp3) is 0.458. The minimum Gasteiger partial charge on any atom is -0.370 e. The lowest BCUT2D eigenvalue weighted by molar-refractivity contribution is -0.137. The summed E-state index contributed by atoms with van der Waals surface area (Å²) in [6.07, 6.45) is 1.10. The van der Waals surface area contributed by atoms with Gasteiger partial charge in [-0.25, -0.2) is 4.98 Å². The zero-order chi connectivity index (χ0) is 25.2. The molecule has 4 rings (SSSR count). The van der Waals surface area contributed by atoms with E-state index in [1.54, 1.807) is 22.9 Å². The van der Waals surface area contributed by atoms with Crippen molar-refractivity contribution in [1.82, 2.24) is 20.2 Å². The Labute approximate surface area is 200 Å². The molecule has 3 heterocycles. The zero-order valence-electron chi connectivity index (χ0n) is 19.1. The highest BCUT2D eigenvalue weighted by atomic mass is 19.4. The van der Waals surface area contributed by atoms with E-state index in [1.165, 1.54) is 30.7 Å². The molecule has 0 saturated carbocycles. The number of nitrogens with zero attached hydrogens (tertiary/aromatic N) is 5. The predicted molar refractivity (Wildman–Crippen MR) is 120 cm³/mol. The molecule has 2 saturated heterocycles. The molecule has 2 aliphatic rings. The maximum Gasteiger partial charge on any atom is 0.417 e. The number of carbonyl (C=O) groups is 2. The highest BCUT2D eigenvalue weighted by molar-refractivity contribution is 5.92. The Hall–Kier alpha value is -3.68. The molecule has 2 aliphatic heterocycles. The van der Waals surface area contributed by atoms with Gasteiger partial charge in [0.25, 0.3) is 5.91 Å². The van der Waals surface area contributed by atoms with Crippen LogP contribution in [0.3, 0.4) is 0 Å². The number of benzene rings is 1. The summed E-state index contributed by atoms with van der Waals surface area (Å²) in [6.45, 7) is 1.72. The normalized spacial score (nSPS) is 21.0. The molecular weight excluding hydrogens is 461 g/mol. The van der Waals surface area contributed by atoms with Gasteiger partial charge in [0.05, 0.1) is 29.3 Å². The van der Waals surface area contributed by atoms with Gasteiger partial charge in [-0.05, 0) is 42.9 Å². The van der Waals surface area contributed by atoms with E-state index in [2.05, 4.69) is 15.3 Å². The lowest BCUT2D eigenvalue weighted by Gasteiger charge is -2.36. The topological polar surface area (TPSA) is 102 Å². The molecule has 184 valence electrons. The van der Waals surface area contributed by atoms with Crippen LogP contribution in [0, 0.1) is 29.1 Å². The highest BCUT2D eigenvalue weighted by Gasteiger charge is 2.43. The molecular formula is C24H25F3N6O2. The first-order chi connectivity index (χ1) is 16.7. The number of hydrogen-bond acceptors (Lipinski definition) is 6. The third kappa shape index (κ3) is 5.06. The molecule has 8 nitrogen and oxygen atoms in total. The van der Waals surface area contributed by atoms with E-state index in [0.29, 0.717) is 38.2 Å². The summed E-state index contributed by atoms with van der Waals surface area (Å²) in [4.78, 5) is 36.9. The molecule has 2 fully saturated rings. The summed E-state index contributed by atoms with van der Waals surface area (Å²) in [5.41, 5.74) is -0.793. The quantitative estimate of drug-likeness (QED) is 0.713. The molecule has 1 aromatic carbocycles. The second kappa shape index (κ2) is 9.90. The third-order valence-electron chi connectivity index (χ3n) is 6.96. The number of nitriles is 1. The van der Waals surface area contributed by atoms with Gasteiger partial charge in [-0.2, -0.15) is 18.4 Å². The Bertz CT molecular complexity index is 1130. The number of hydrogen-bond donors (Lipinski definition) is 1. The number of piperidine rings is 1. The average molecular weight is 486 g/mol. The number of amides is 2. The molecule has 1 N–H and O–H groups in total. The predicted octanol–water partition coefficient (Wildman–Crippen LogP) is 2.72. The molecule has 0 unspecified atom stereocenters. The lowest BCUT2D eigenvalue weighted by atomic mass is 9.78. The number of halogens is 3. The van der Waals surface area contributed by atoms with Gasteiger partial charge in [0, 0.05) is 51.3 Å². The highest BCUT2D eigenvalue weighted by Crippen LogP contribution is 2.40. The van der Waals surface area contributed by atoms with E-state index in [-0.39, 0.29) is 35.9 Å². The fourth-order valence-electron chi connectivity index (χ4n) is 5.14. The molecule has 0 radical (unpaired) electrons. The second-order valence-electron chi connectivity index (χ2n) is 8.85. The van der Waals surface area contributed by atoms with E-state index in [9.17, 15) is 22.8 Å². The van der Waals surface area contributed by atoms with Gasteiger partial charge in [-0.1, -0.05) is 0 Å². The van der Waals surface area contributed by atoms with E-state index in [0.717, 1.165) is 6.07 Å². The average Bonchev–Trinajstić information content (AvgIpc) is 3.33. The van der Waals surface area contributed by atoms with E-state index < -0.39 is 23.2 Å². The number of anilines is 1. The van der Waals surface area contributed by atoms with Crippen LogP contribution in [-0.2, 0) is 11.0 Å². The van der Waals surface area contributed by atoms with E-state index in [1.807, 2.05) is 0 Å². The summed E-state index contributed by atoms with van der Waals surface area (Å²) < 4.78 is 40.4. The fourth-order valence-corrected chi connectivity index (χ4v) is 5.14. The molecule has 1 aromatic heterocycles. The van der Waals surface area contributed by atoms with Crippen LogP contribution in [0.4, 0.5) is 18.9 Å². The van der Waals surface area contributed by atoms with Crippen molar-refractivity contribution in [3.63, 3.8) is 0 Å². The number of nitrogens with one attached hydrogen (secondary N) is 1. The van der Waals surface area contributed by atoms with Gasteiger partial charge in [0.1, 0.15) is 5.69 Å². The molecule has 11 heteroatoms. The van der Waals surface area contributed by atoms with Crippen molar-refractivity contribution in [1.29, 1.82) is 5.26 Å². The Morgan fingerprint density at radius 1 is 1.17 bits per heavy atom. The Morgan fingerprint density at radius 3 is 2.51 bits per heavy atom. The van der Waals surface area contributed by atoms with Crippen molar-refractivity contribution >= 4 is 17.5 Å². The first-order valence-corrected chi connectivity index (χ1v) is 11.4. The minimum atomic E-state index is -4.65. The van der Waals surface area contributed by atoms with Crippen molar-refractivity contribution in [2.24, 2.45) is 17.8 Å². The zero-order valence-corrected chi connectivity index (χ0v) is 19.1. The van der Waals surface area contributed by atoms with Gasteiger partial charge in [0.2, 0.25) is 5.91 Å². The van der Waals surface area contributed by atoms with Crippen LogP contribution in [-0.4, -0.2) is 59.9 Å². The molecule has 0 aliphatic carbocycles. The summed E-state index contributed by atoms with van der Waals surface area (Å²) in [5.74, 6) is -0.676. The van der Waals surface area contributed by atoms with Crippen LogP contribution in [0.5, 0.6) is 0 Å². The third-order valence-corrected chi connectivity index (χ3v) is 6.96. The van der Waals surface area contributed by atoms with Crippen molar-refractivity contribution in [3.05, 3.63) is 53.6 Å². The molecule has 35 heavy (non-hydrogen) atoms. The van der Waals surface area contributed by atoms with Crippen LogP contribution in [0.25, 0.3) is 0 Å². The Morgan fingerprint density at radius 2 is 1.91 bits per heavy atom. The molecule has 2 amide bonds. The summed E-state index contributed by atoms with van der Waals surface area (Å²) in [5, 5.41) is 11.8. The number of aromatic nitrogens is 2. The van der Waals surface area contributed by atoms with Gasteiger partial charge in [-0.3, -0.25) is 14.6 Å². The standard InChI is InChI=1S/C24H25F3N6O2/c1-29-22(34)19-14-33(17-3-2-16(11-28)20(10-17)24(25,26)27)13-18(19)15-4-8-32(9-5-15)23(35)21-12-30-6-7-31-21/h2-3,6-7,10,12,15,18-19H,4-5,8-9,13-14H2,1H3,(H,29,34)/t18-,19+/m0/s1. The second-order valence-corrected chi connectivity index (χ2v) is 8.85. The van der Waals surface area contributed by atoms with Gasteiger partial charge < -0.3 is 15.1 Å². The molecule has 2 aromatic rings. The first kappa shape index (κ1) is 24.4. The van der Waals surface area contributed by atoms with Crippen LogP contribution in [0.15, 0.2) is 36.8 Å². The summed E-state index contributed by atoms with van der Waals surface area (Å²) in [6, 6.07) is 5.27. The van der Waals surface area contributed by atoms with Gasteiger partial charge in [-0.15, -0.1) is 0 Å². The molecule has 2 atom stereocenters. The summed E-state index contributed by atoms with van der Waals surface area (Å²) in [7, 11) is 1.55. The van der Waals surface area contributed by atoms with Gasteiger partial charge in [0.15, 0.2) is 0 Å². The maximum absolute atomic E-state index is 13.5. The Balaban J connectivity index is 1.50. The number of likely N-dealkylation sites (tertiary alicyclic amines) is 1. The van der Waals surface area contributed by atoms with E-state index >= 15 is 0 Å². The number of alkyl halides is 3. The molecule has 0 bridgehead atoms. The van der Waals surface area contributed by atoms with Crippen LogP contribution in [0.1, 0.15) is 34.5 Å². The van der Waals surface area contributed by atoms with Crippen molar-refractivity contribution in [2.45, 2.75) is 19.0 Å². The van der Waals surface area contributed by atoms with Crippen LogP contribution >= 0.6 is 0 Å².